The molecule has 1 atom stereocenters. The van der Waals surface area contributed by atoms with Crippen LogP contribution >= 0.6 is 23.4 Å². The molecule has 3 rings (SSSR count). The van der Waals surface area contributed by atoms with E-state index in [0.717, 1.165) is 23.5 Å². The maximum atomic E-state index is 6.40. The average molecular weight is 293 g/mol. The Morgan fingerprint density at radius 3 is 3.11 bits per heavy atom. The van der Waals surface area contributed by atoms with E-state index >= 15 is 0 Å². The zero-order valence-corrected chi connectivity index (χ0v) is 12.3. The first-order valence-electron chi connectivity index (χ1n) is 6.73. The molecule has 2 heterocycles. The van der Waals surface area contributed by atoms with Crippen LogP contribution in [0, 0.1) is 0 Å². The van der Waals surface area contributed by atoms with Gasteiger partial charge in [0, 0.05) is 27.9 Å². The SMILES string of the molecule is Clc1cc2cnccc2cc1SC1CCCNCC1. The number of nitrogens with one attached hydrogen (secondary N) is 1. The molecule has 1 saturated heterocycles. The highest BCUT2D eigenvalue weighted by Gasteiger charge is 2.15. The number of hydrogen-bond acceptors (Lipinski definition) is 3. The highest BCUT2D eigenvalue weighted by molar-refractivity contribution is 8.00. The second kappa shape index (κ2) is 6.12. The number of thioether (sulfide) groups is 1. The van der Waals surface area contributed by atoms with Crippen LogP contribution in [0.3, 0.4) is 0 Å². The Bertz CT molecular complexity index is 565. The van der Waals surface area contributed by atoms with Crippen LogP contribution in [-0.4, -0.2) is 23.3 Å². The lowest BCUT2D eigenvalue weighted by atomic mass is 10.2. The van der Waals surface area contributed by atoms with E-state index in [1.807, 2.05) is 36.3 Å². The normalized spacial score (nSPS) is 20.4. The molecular weight excluding hydrogens is 276 g/mol. The molecule has 1 N–H and O–H groups in total. The van der Waals surface area contributed by atoms with Crippen molar-refractivity contribution in [3.63, 3.8) is 0 Å². The van der Waals surface area contributed by atoms with E-state index in [1.165, 1.54) is 29.5 Å². The summed E-state index contributed by atoms with van der Waals surface area (Å²) >= 11 is 8.33. The summed E-state index contributed by atoms with van der Waals surface area (Å²) in [7, 11) is 0. The van der Waals surface area contributed by atoms with E-state index < -0.39 is 0 Å². The van der Waals surface area contributed by atoms with Crippen molar-refractivity contribution in [2.75, 3.05) is 13.1 Å². The van der Waals surface area contributed by atoms with Crippen LogP contribution in [0.15, 0.2) is 35.5 Å². The van der Waals surface area contributed by atoms with Gasteiger partial charge >= 0.3 is 0 Å². The predicted octanol–water partition coefficient (Wildman–Crippen LogP) is 4.12. The lowest BCUT2D eigenvalue weighted by molar-refractivity contribution is 0.703. The Morgan fingerprint density at radius 1 is 1.21 bits per heavy atom. The van der Waals surface area contributed by atoms with Gasteiger partial charge in [-0.15, -0.1) is 11.8 Å². The quantitative estimate of drug-likeness (QED) is 0.901. The third-order valence-corrected chi connectivity index (χ3v) is 5.33. The summed E-state index contributed by atoms with van der Waals surface area (Å²) in [5, 5.41) is 7.30. The molecule has 1 unspecified atom stereocenters. The van der Waals surface area contributed by atoms with Crippen LogP contribution in [0.1, 0.15) is 19.3 Å². The standard InChI is InChI=1S/C15H17ClN2S/c16-14-8-12-10-18-6-3-11(12)9-15(14)19-13-2-1-5-17-7-4-13/h3,6,8-10,13,17H,1-2,4-5,7H2. The monoisotopic (exact) mass is 292 g/mol. The molecule has 1 aromatic heterocycles. The van der Waals surface area contributed by atoms with Gasteiger partial charge in [0.2, 0.25) is 0 Å². The molecule has 100 valence electrons. The number of pyridine rings is 1. The number of aromatic nitrogens is 1. The summed E-state index contributed by atoms with van der Waals surface area (Å²) < 4.78 is 0. The van der Waals surface area contributed by atoms with Crippen molar-refractivity contribution in [2.24, 2.45) is 0 Å². The molecule has 0 saturated carbocycles. The van der Waals surface area contributed by atoms with Crippen LogP contribution in [0.25, 0.3) is 10.8 Å². The second-order valence-corrected chi connectivity index (χ2v) is 6.68. The summed E-state index contributed by atoms with van der Waals surface area (Å²) in [6, 6.07) is 6.27. The number of benzene rings is 1. The van der Waals surface area contributed by atoms with Crippen LogP contribution in [-0.2, 0) is 0 Å². The van der Waals surface area contributed by atoms with Gasteiger partial charge in [-0.25, -0.2) is 0 Å². The van der Waals surface area contributed by atoms with Crippen molar-refractivity contribution in [3.8, 4) is 0 Å². The third kappa shape index (κ3) is 3.22. The van der Waals surface area contributed by atoms with Gasteiger partial charge < -0.3 is 5.32 Å². The topological polar surface area (TPSA) is 24.9 Å². The van der Waals surface area contributed by atoms with E-state index in [-0.39, 0.29) is 0 Å². The van der Waals surface area contributed by atoms with Gasteiger partial charge in [0.25, 0.3) is 0 Å². The summed E-state index contributed by atoms with van der Waals surface area (Å²) in [4.78, 5) is 5.34. The number of rotatable bonds is 2. The number of halogens is 1. The summed E-state index contributed by atoms with van der Waals surface area (Å²) in [6.07, 6.45) is 7.44. The molecule has 1 aliphatic heterocycles. The molecule has 2 nitrogen and oxygen atoms in total. The van der Waals surface area contributed by atoms with Gasteiger partial charge in [-0.05, 0) is 55.9 Å². The minimum Gasteiger partial charge on any atom is -0.317 e. The maximum Gasteiger partial charge on any atom is 0.0548 e. The first-order valence-corrected chi connectivity index (χ1v) is 7.99. The minimum atomic E-state index is 0.673. The largest absolute Gasteiger partial charge is 0.317 e. The Kier molecular flexibility index (Phi) is 4.26. The zero-order chi connectivity index (χ0) is 13.1. The van der Waals surface area contributed by atoms with Crippen molar-refractivity contribution < 1.29 is 0 Å². The lowest BCUT2D eigenvalue weighted by Crippen LogP contribution is -2.14. The molecule has 1 aromatic carbocycles. The fourth-order valence-corrected chi connectivity index (χ4v) is 4.01. The van der Waals surface area contributed by atoms with Crippen LogP contribution in [0.5, 0.6) is 0 Å². The first-order chi connectivity index (χ1) is 9.33. The molecule has 19 heavy (non-hydrogen) atoms. The van der Waals surface area contributed by atoms with Gasteiger partial charge in [0.05, 0.1) is 5.02 Å². The van der Waals surface area contributed by atoms with E-state index in [0.29, 0.717) is 5.25 Å². The molecule has 0 spiro atoms. The highest BCUT2D eigenvalue weighted by Crippen LogP contribution is 2.36. The Labute approximate surface area is 122 Å². The molecule has 4 heteroatoms. The van der Waals surface area contributed by atoms with Gasteiger partial charge in [-0.3, -0.25) is 4.98 Å². The minimum absolute atomic E-state index is 0.673. The molecular formula is C15H17ClN2S. The lowest BCUT2D eigenvalue weighted by Gasteiger charge is -2.14. The van der Waals surface area contributed by atoms with E-state index in [4.69, 9.17) is 11.6 Å². The molecule has 0 radical (unpaired) electrons. The van der Waals surface area contributed by atoms with Crippen molar-refractivity contribution in [1.82, 2.24) is 10.3 Å². The molecule has 0 bridgehead atoms. The van der Waals surface area contributed by atoms with Gasteiger partial charge in [-0.2, -0.15) is 0 Å². The molecule has 0 aliphatic carbocycles. The van der Waals surface area contributed by atoms with Gasteiger partial charge in [0.15, 0.2) is 0 Å². The number of hydrogen-bond donors (Lipinski definition) is 1. The molecule has 1 fully saturated rings. The fourth-order valence-electron chi connectivity index (χ4n) is 2.46. The number of fused-ring (bicyclic) bond motifs is 1. The van der Waals surface area contributed by atoms with Crippen LogP contribution in [0.4, 0.5) is 0 Å². The third-order valence-electron chi connectivity index (χ3n) is 3.51. The van der Waals surface area contributed by atoms with Crippen molar-refractivity contribution in [2.45, 2.75) is 29.4 Å². The molecule has 1 aliphatic rings. The van der Waals surface area contributed by atoms with Crippen molar-refractivity contribution in [3.05, 3.63) is 35.6 Å². The fraction of sp³-hybridized carbons (Fsp3) is 0.400. The van der Waals surface area contributed by atoms with Crippen molar-refractivity contribution >= 4 is 34.1 Å². The Hall–Kier alpha value is -0.770. The second-order valence-electron chi connectivity index (χ2n) is 4.93. The van der Waals surface area contributed by atoms with Crippen LogP contribution < -0.4 is 5.32 Å². The molecule has 0 amide bonds. The first kappa shape index (κ1) is 13.2. The zero-order valence-electron chi connectivity index (χ0n) is 10.7. The van der Waals surface area contributed by atoms with E-state index in [1.54, 1.807) is 0 Å². The van der Waals surface area contributed by atoms with Gasteiger partial charge in [-0.1, -0.05) is 11.6 Å². The highest BCUT2D eigenvalue weighted by atomic mass is 35.5. The summed E-state index contributed by atoms with van der Waals surface area (Å²) in [5.74, 6) is 0. The summed E-state index contributed by atoms with van der Waals surface area (Å²) in [6.45, 7) is 2.26. The van der Waals surface area contributed by atoms with Crippen molar-refractivity contribution in [1.29, 1.82) is 0 Å². The molecule has 2 aromatic rings. The maximum absolute atomic E-state index is 6.40. The van der Waals surface area contributed by atoms with E-state index in [2.05, 4.69) is 16.4 Å². The smallest absolute Gasteiger partial charge is 0.0548 e. The van der Waals surface area contributed by atoms with Gasteiger partial charge in [0.1, 0.15) is 0 Å². The van der Waals surface area contributed by atoms with Crippen LogP contribution in [0.2, 0.25) is 5.02 Å². The number of nitrogens with zero attached hydrogens (tertiary/aromatic N) is 1. The Morgan fingerprint density at radius 2 is 2.16 bits per heavy atom. The Balaban J connectivity index is 1.85. The average Bonchev–Trinajstić information content (AvgIpc) is 2.68. The predicted molar refractivity (Wildman–Crippen MR) is 83.1 cm³/mol. The van der Waals surface area contributed by atoms with E-state index in [9.17, 15) is 0 Å². The summed E-state index contributed by atoms with van der Waals surface area (Å²) in [5.41, 5.74) is 0.